The summed E-state index contributed by atoms with van der Waals surface area (Å²) in [4.78, 5) is 37.5. The Morgan fingerprint density at radius 3 is 2.40 bits per heavy atom. The first kappa shape index (κ1) is 29.5. The number of anilines is 1. The highest BCUT2D eigenvalue weighted by Crippen LogP contribution is 2.33. The molecule has 3 aromatic rings. The highest BCUT2D eigenvalue weighted by atomic mass is 32.2. The first-order chi connectivity index (χ1) is 18.9. The van der Waals surface area contributed by atoms with E-state index in [1.165, 1.54) is 17.9 Å². The number of nitrogens with zero attached hydrogens (tertiary/aromatic N) is 4. The number of sulfonamides is 1. The minimum Gasteiger partial charge on any atom is -0.444 e. The van der Waals surface area contributed by atoms with Gasteiger partial charge >= 0.3 is 6.09 Å². The van der Waals surface area contributed by atoms with Crippen LogP contribution in [0, 0.1) is 5.92 Å². The van der Waals surface area contributed by atoms with Gasteiger partial charge in [-0.2, -0.15) is 0 Å². The summed E-state index contributed by atoms with van der Waals surface area (Å²) in [5, 5.41) is 3.43. The van der Waals surface area contributed by atoms with Gasteiger partial charge in [0.25, 0.3) is 5.91 Å². The summed E-state index contributed by atoms with van der Waals surface area (Å²) in [6.07, 6.45) is 5.66. The SMILES string of the molecule is CNS(=O)(=O)CC1CCC(N(C)c2ncnc3c2ccn3C(=O)[C@@H](NC(=O)OC(C)(C)C)c2ccccc2)CC1. The van der Waals surface area contributed by atoms with Crippen molar-refractivity contribution in [3.05, 3.63) is 54.5 Å². The van der Waals surface area contributed by atoms with Crippen molar-refractivity contribution in [2.75, 3.05) is 24.7 Å². The largest absolute Gasteiger partial charge is 0.444 e. The molecular formula is C28H38N6O5S. The predicted octanol–water partition coefficient (Wildman–Crippen LogP) is 3.88. The first-order valence-electron chi connectivity index (χ1n) is 13.4. The van der Waals surface area contributed by atoms with Crippen molar-refractivity contribution < 1.29 is 22.7 Å². The van der Waals surface area contributed by atoms with Crippen LogP contribution < -0.4 is 14.9 Å². The number of alkyl carbamates (subject to hydrolysis) is 1. The Morgan fingerprint density at radius 2 is 1.77 bits per heavy atom. The molecular weight excluding hydrogens is 532 g/mol. The molecule has 2 aromatic heterocycles. The van der Waals surface area contributed by atoms with Gasteiger partial charge in [-0.25, -0.2) is 27.9 Å². The molecule has 2 heterocycles. The molecule has 1 aliphatic carbocycles. The van der Waals surface area contributed by atoms with Gasteiger partial charge in [0, 0.05) is 19.3 Å². The quantitative estimate of drug-likeness (QED) is 0.417. The fourth-order valence-corrected chi connectivity index (χ4v) is 6.28. The highest BCUT2D eigenvalue weighted by molar-refractivity contribution is 7.89. The number of aromatic nitrogens is 3. The molecule has 0 aliphatic heterocycles. The van der Waals surface area contributed by atoms with Gasteiger partial charge in [0.2, 0.25) is 10.0 Å². The van der Waals surface area contributed by atoms with Crippen LogP contribution in [0.5, 0.6) is 0 Å². The fraction of sp³-hybridized carbons (Fsp3) is 0.500. The molecule has 11 nitrogen and oxygen atoms in total. The van der Waals surface area contributed by atoms with Crippen LogP contribution >= 0.6 is 0 Å². The van der Waals surface area contributed by atoms with Gasteiger partial charge in [-0.3, -0.25) is 9.36 Å². The number of ether oxygens (including phenoxy) is 1. The zero-order valence-electron chi connectivity index (χ0n) is 23.6. The van der Waals surface area contributed by atoms with E-state index >= 15 is 0 Å². The maximum atomic E-state index is 13.8. The fourth-order valence-electron chi connectivity index (χ4n) is 5.16. The lowest BCUT2D eigenvalue weighted by Gasteiger charge is -2.35. The lowest BCUT2D eigenvalue weighted by Crippen LogP contribution is -2.39. The molecule has 0 saturated heterocycles. The van der Waals surface area contributed by atoms with Crippen molar-refractivity contribution in [2.24, 2.45) is 5.92 Å². The average molecular weight is 571 g/mol. The maximum Gasteiger partial charge on any atom is 0.408 e. The second-order valence-electron chi connectivity index (χ2n) is 11.2. The van der Waals surface area contributed by atoms with Crippen molar-refractivity contribution >= 4 is 38.9 Å². The number of carbonyl (C=O) groups is 2. The van der Waals surface area contributed by atoms with Crippen LogP contribution in [0.25, 0.3) is 11.0 Å². The Labute approximate surface area is 235 Å². The third-order valence-electron chi connectivity index (χ3n) is 7.20. The molecule has 40 heavy (non-hydrogen) atoms. The Hall–Kier alpha value is -3.51. The molecule has 0 bridgehead atoms. The minimum absolute atomic E-state index is 0.124. The average Bonchev–Trinajstić information content (AvgIpc) is 3.35. The third kappa shape index (κ3) is 6.97. The van der Waals surface area contributed by atoms with Crippen LogP contribution in [-0.2, 0) is 14.8 Å². The van der Waals surface area contributed by atoms with E-state index in [1.54, 1.807) is 57.3 Å². The lowest BCUT2D eigenvalue weighted by molar-refractivity contribution is 0.0482. The summed E-state index contributed by atoms with van der Waals surface area (Å²) in [5.41, 5.74) is 0.327. The van der Waals surface area contributed by atoms with E-state index in [1.807, 2.05) is 13.1 Å². The van der Waals surface area contributed by atoms with Gasteiger partial charge in [-0.05, 0) is 71.0 Å². The molecule has 216 valence electrons. The van der Waals surface area contributed by atoms with Crippen molar-refractivity contribution in [1.29, 1.82) is 0 Å². The Bertz CT molecular complexity index is 1440. The number of carbonyl (C=O) groups excluding carboxylic acids is 2. The molecule has 1 atom stereocenters. The third-order valence-corrected chi connectivity index (χ3v) is 8.74. The molecule has 1 aliphatic rings. The van der Waals surface area contributed by atoms with Gasteiger partial charge in [-0.15, -0.1) is 0 Å². The smallest absolute Gasteiger partial charge is 0.408 e. The van der Waals surface area contributed by atoms with E-state index in [0.29, 0.717) is 22.4 Å². The van der Waals surface area contributed by atoms with Crippen molar-refractivity contribution in [3.63, 3.8) is 0 Å². The van der Waals surface area contributed by atoms with Gasteiger partial charge in [0.1, 0.15) is 23.8 Å². The molecule has 0 unspecified atom stereocenters. The molecule has 4 rings (SSSR count). The van der Waals surface area contributed by atoms with Crippen LogP contribution in [-0.4, -0.2) is 66.4 Å². The Morgan fingerprint density at radius 1 is 1.10 bits per heavy atom. The van der Waals surface area contributed by atoms with Crippen LogP contribution in [0.2, 0.25) is 0 Å². The Kier molecular flexibility index (Phi) is 8.79. The summed E-state index contributed by atoms with van der Waals surface area (Å²) < 4.78 is 33.2. The molecule has 0 radical (unpaired) electrons. The predicted molar refractivity (Wildman–Crippen MR) is 154 cm³/mol. The Balaban J connectivity index is 1.57. The number of rotatable bonds is 8. The van der Waals surface area contributed by atoms with E-state index in [9.17, 15) is 18.0 Å². The summed E-state index contributed by atoms with van der Waals surface area (Å²) in [5.74, 6) is 0.575. The molecule has 1 fully saturated rings. The molecule has 12 heteroatoms. The number of amides is 1. The summed E-state index contributed by atoms with van der Waals surface area (Å²) >= 11 is 0. The minimum atomic E-state index is -3.24. The van der Waals surface area contributed by atoms with Crippen LogP contribution in [0.15, 0.2) is 48.9 Å². The highest BCUT2D eigenvalue weighted by Gasteiger charge is 2.31. The van der Waals surface area contributed by atoms with E-state index in [-0.39, 0.29) is 23.6 Å². The topological polar surface area (TPSA) is 136 Å². The van der Waals surface area contributed by atoms with Gasteiger partial charge < -0.3 is 15.0 Å². The zero-order valence-corrected chi connectivity index (χ0v) is 24.4. The monoisotopic (exact) mass is 570 g/mol. The maximum absolute atomic E-state index is 13.8. The number of hydrogen-bond acceptors (Lipinski definition) is 8. The summed E-state index contributed by atoms with van der Waals surface area (Å²) in [6, 6.07) is 9.99. The summed E-state index contributed by atoms with van der Waals surface area (Å²) in [6.45, 7) is 5.28. The lowest BCUT2D eigenvalue weighted by atomic mass is 9.86. The number of hydrogen-bond donors (Lipinski definition) is 2. The van der Waals surface area contributed by atoms with E-state index in [2.05, 4.69) is 24.9 Å². The van der Waals surface area contributed by atoms with E-state index in [0.717, 1.165) is 25.7 Å². The van der Waals surface area contributed by atoms with Crippen molar-refractivity contribution in [2.45, 2.75) is 64.1 Å². The van der Waals surface area contributed by atoms with Crippen molar-refractivity contribution in [1.82, 2.24) is 24.6 Å². The number of fused-ring (bicyclic) bond motifs is 1. The van der Waals surface area contributed by atoms with E-state index < -0.39 is 27.8 Å². The van der Waals surface area contributed by atoms with Crippen LogP contribution in [0.1, 0.15) is 62.9 Å². The van der Waals surface area contributed by atoms with Gasteiger partial charge in [-0.1, -0.05) is 30.3 Å². The second kappa shape index (κ2) is 11.9. The second-order valence-corrected chi connectivity index (χ2v) is 13.2. The molecule has 2 N–H and O–H groups in total. The zero-order chi connectivity index (χ0) is 29.1. The molecule has 1 amide bonds. The first-order valence-corrected chi connectivity index (χ1v) is 15.1. The number of nitrogens with one attached hydrogen (secondary N) is 2. The normalized spacial score (nSPS) is 18.7. The number of benzene rings is 1. The molecule has 0 spiro atoms. The van der Waals surface area contributed by atoms with Crippen LogP contribution in [0.4, 0.5) is 10.6 Å². The van der Waals surface area contributed by atoms with Gasteiger partial charge in [0.05, 0.1) is 11.1 Å². The van der Waals surface area contributed by atoms with Gasteiger partial charge in [0.15, 0.2) is 5.65 Å². The van der Waals surface area contributed by atoms with Crippen LogP contribution in [0.3, 0.4) is 0 Å². The van der Waals surface area contributed by atoms with E-state index in [4.69, 9.17) is 4.74 Å². The standard InChI is InChI=1S/C28H38N6O5S/c1-28(2,3)39-27(36)32-23(20-9-7-6-8-10-20)26(35)34-16-15-22-24(30-18-31-25(22)34)33(5)21-13-11-19(12-14-21)17-40(37,38)29-4/h6-10,15-16,18-19,21,23,29H,11-14,17H2,1-5H3,(H,32,36)/t19?,21?,23-/m0/s1. The molecule has 1 saturated carbocycles. The summed E-state index contributed by atoms with van der Waals surface area (Å²) in [7, 11) is 0.171. The van der Waals surface area contributed by atoms with Crippen molar-refractivity contribution in [3.8, 4) is 0 Å². The molecule has 1 aromatic carbocycles.